The van der Waals surface area contributed by atoms with Crippen molar-refractivity contribution in [3.05, 3.63) is 54.1 Å². The molecule has 0 spiro atoms. The number of carbonyl (C=O) groups excluding carboxylic acids is 1. The Morgan fingerprint density at radius 3 is 2.59 bits per heavy atom. The molecule has 2 N–H and O–H groups in total. The molecule has 140 valence electrons. The highest BCUT2D eigenvalue weighted by Gasteiger charge is 2.19. The number of tetrazole rings is 1. The van der Waals surface area contributed by atoms with E-state index in [0.717, 1.165) is 11.3 Å². The molecule has 2 aromatic carbocycles. The molecule has 1 atom stereocenters. The molecule has 3 rings (SSSR count). The van der Waals surface area contributed by atoms with Crippen molar-refractivity contribution < 1.29 is 14.6 Å². The van der Waals surface area contributed by atoms with E-state index in [1.807, 2.05) is 24.3 Å². The van der Waals surface area contributed by atoms with Gasteiger partial charge in [-0.05, 0) is 59.3 Å². The zero-order chi connectivity index (χ0) is 19.2. The van der Waals surface area contributed by atoms with E-state index in [2.05, 4.69) is 20.8 Å². The number of nitrogens with one attached hydrogen (secondary N) is 1. The fourth-order valence-electron chi connectivity index (χ4n) is 2.30. The monoisotopic (exact) mass is 385 g/mol. The van der Waals surface area contributed by atoms with E-state index in [-0.39, 0.29) is 16.9 Å². The summed E-state index contributed by atoms with van der Waals surface area (Å²) < 4.78 is 6.65. The highest BCUT2D eigenvalue weighted by molar-refractivity contribution is 8.00. The smallest absolute Gasteiger partial charge is 0.233 e. The molecule has 0 aliphatic rings. The van der Waals surface area contributed by atoms with E-state index < -0.39 is 0 Å². The van der Waals surface area contributed by atoms with Gasteiger partial charge in [0.2, 0.25) is 11.1 Å². The lowest BCUT2D eigenvalue weighted by atomic mass is 10.2. The number of amides is 1. The maximum absolute atomic E-state index is 12.4. The minimum atomic E-state index is -0.384. The van der Waals surface area contributed by atoms with Gasteiger partial charge in [0.15, 0.2) is 0 Å². The summed E-state index contributed by atoms with van der Waals surface area (Å²) >= 11 is 1.26. The van der Waals surface area contributed by atoms with E-state index in [0.29, 0.717) is 17.4 Å². The second-order valence-corrected chi connectivity index (χ2v) is 7.02. The van der Waals surface area contributed by atoms with Crippen LogP contribution in [0.15, 0.2) is 53.7 Å². The normalized spacial score (nSPS) is 11.8. The summed E-state index contributed by atoms with van der Waals surface area (Å²) in [5.74, 6) is 0.818. The first kappa shape index (κ1) is 18.7. The number of rotatable bonds is 7. The fourth-order valence-corrected chi connectivity index (χ4v) is 3.13. The molecule has 1 heterocycles. The molecule has 0 radical (unpaired) electrons. The zero-order valence-electron chi connectivity index (χ0n) is 14.9. The average Bonchev–Trinajstić information content (AvgIpc) is 3.15. The third-order valence-corrected chi connectivity index (χ3v) is 4.85. The Morgan fingerprint density at radius 2 is 1.93 bits per heavy atom. The van der Waals surface area contributed by atoms with Crippen molar-refractivity contribution >= 4 is 17.7 Å². The van der Waals surface area contributed by atoms with Crippen LogP contribution in [0.1, 0.15) is 12.5 Å². The highest BCUT2D eigenvalue weighted by Crippen LogP contribution is 2.24. The summed E-state index contributed by atoms with van der Waals surface area (Å²) in [4.78, 5) is 12.4. The van der Waals surface area contributed by atoms with Crippen LogP contribution in [0.4, 0.5) is 0 Å². The fraction of sp³-hybridized carbons (Fsp3) is 0.222. The van der Waals surface area contributed by atoms with Gasteiger partial charge in [0, 0.05) is 6.54 Å². The van der Waals surface area contributed by atoms with Crippen LogP contribution >= 0.6 is 11.8 Å². The lowest BCUT2D eigenvalue weighted by Gasteiger charge is -2.12. The van der Waals surface area contributed by atoms with Crippen LogP contribution in [0.3, 0.4) is 0 Å². The number of benzene rings is 2. The number of phenolic OH excluding ortho intramolecular Hbond substituents is 1. The summed E-state index contributed by atoms with van der Waals surface area (Å²) in [6.45, 7) is 2.22. The average molecular weight is 385 g/mol. The van der Waals surface area contributed by atoms with Gasteiger partial charge in [-0.3, -0.25) is 4.79 Å². The number of thioether (sulfide) groups is 1. The van der Waals surface area contributed by atoms with E-state index in [9.17, 15) is 9.90 Å². The summed E-state index contributed by atoms with van der Waals surface area (Å²) in [6, 6.07) is 14.0. The largest absolute Gasteiger partial charge is 0.508 e. The number of aromatic hydroxyl groups is 1. The third kappa shape index (κ3) is 4.76. The van der Waals surface area contributed by atoms with Gasteiger partial charge in [-0.1, -0.05) is 23.9 Å². The van der Waals surface area contributed by atoms with Crippen molar-refractivity contribution in [1.82, 2.24) is 25.5 Å². The van der Waals surface area contributed by atoms with Crippen molar-refractivity contribution in [2.75, 3.05) is 7.11 Å². The molecule has 3 aromatic rings. The third-order valence-electron chi connectivity index (χ3n) is 3.81. The van der Waals surface area contributed by atoms with E-state index in [4.69, 9.17) is 4.74 Å². The molecule has 0 fully saturated rings. The number of methoxy groups -OCH3 is 1. The number of hydrogen-bond donors (Lipinski definition) is 2. The van der Waals surface area contributed by atoms with Crippen LogP contribution in [0, 0.1) is 0 Å². The van der Waals surface area contributed by atoms with E-state index >= 15 is 0 Å². The van der Waals surface area contributed by atoms with Gasteiger partial charge in [0.25, 0.3) is 0 Å². The van der Waals surface area contributed by atoms with Gasteiger partial charge in [-0.25, -0.2) is 0 Å². The maximum Gasteiger partial charge on any atom is 0.233 e. The number of ether oxygens (including phenoxy) is 1. The standard InChI is InChI=1S/C18H19N5O3S/c1-12(17(25)19-11-13-3-9-16(26-2)10-4-13)27-18-20-21-22-23(18)14-5-7-15(24)8-6-14/h3-10,12,24H,11H2,1-2H3,(H,19,25)/t12-/m0/s1. The van der Waals surface area contributed by atoms with Crippen LogP contribution in [0.2, 0.25) is 0 Å². The molecule has 0 unspecified atom stereocenters. The Morgan fingerprint density at radius 1 is 1.22 bits per heavy atom. The van der Waals surface area contributed by atoms with Gasteiger partial charge >= 0.3 is 0 Å². The molecule has 0 aliphatic carbocycles. The molecule has 0 saturated heterocycles. The summed E-state index contributed by atoms with van der Waals surface area (Å²) in [5.41, 5.74) is 1.68. The van der Waals surface area contributed by atoms with Crippen LogP contribution in [0.5, 0.6) is 11.5 Å². The zero-order valence-corrected chi connectivity index (χ0v) is 15.7. The van der Waals surface area contributed by atoms with Crippen molar-refractivity contribution in [2.24, 2.45) is 0 Å². The Labute approximate surface area is 160 Å². The van der Waals surface area contributed by atoms with Crippen LogP contribution in [-0.4, -0.2) is 43.6 Å². The molecular weight excluding hydrogens is 366 g/mol. The number of hydrogen-bond acceptors (Lipinski definition) is 7. The first-order valence-electron chi connectivity index (χ1n) is 8.22. The molecule has 0 bridgehead atoms. The summed E-state index contributed by atoms with van der Waals surface area (Å²) in [6.07, 6.45) is 0. The lowest BCUT2D eigenvalue weighted by molar-refractivity contribution is -0.120. The molecule has 27 heavy (non-hydrogen) atoms. The van der Waals surface area contributed by atoms with Crippen molar-refractivity contribution in [1.29, 1.82) is 0 Å². The Bertz CT molecular complexity index is 896. The maximum atomic E-state index is 12.4. The molecule has 1 aromatic heterocycles. The number of nitrogens with zero attached hydrogens (tertiary/aromatic N) is 4. The molecule has 1 amide bonds. The van der Waals surface area contributed by atoms with E-state index in [1.54, 1.807) is 38.3 Å². The molecular formula is C18H19N5O3S. The summed E-state index contributed by atoms with van der Waals surface area (Å²) in [7, 11) is 1.61. The molecule has 8 nitrogen and oxygen atoms in total. The highest BCUT2D eigenvalue weighted by atomic mass is 32.2. The quantitative estimate of drug-likeness (QED) is 0.601. The van der Waals surface area contributed by atoms with Gasteiger partial charge in [-0.2, -0.15) is 4.68 Å². The van der Waals surface area contributed by atoms with E-state index in [1.165, 1.54) is 16.4 Å². The second kappa shape index (κ2) is 8.54. The van der Waals surface area contributed by atoms with Crippen LogP contribution in [0.25, 0.3) is 5.69 Å². The SMILES string of the molecule is COc1ccc(CNC(=O)[C@H](C)Sc2nnnn2-c2ccc(O)cc2)cc1. The Kier molecular flexibility index (Phi) is 5.92. The predicted octanol–water partition coefficient (Wildman–Crippen LogP) is 2.17. The van der Waals surface area contributed by atoms with Gasteiger partial charge in [-0.15, -0.1) is 5.10 Å². The minimum Gasteiger partial charge on any atom is -0.508 e. The van der Waals surface area contributed by atoms with Gasteiger partial charge in [0.1, 0.15) is 11.5 Å². The lowest BCUT2D eigenvalue weighted by Crippen LogP contribution is -2.30. The second-order valence-electron chi connectivity index (χ2n) is 5.72. The van der Waals surface area contributed by atoms with Gasteiger partial charge in [0.05, 0.1) is 18.0 Å². The Hall–Kier alpha value is -3.07. The van der Waals surface area contributed by atoms with Gasteiger partial charge < -0.3 is 15.2 Å². The molecule has 9 heteroatoms. The molecule has 0 aliphatic heterocycles. The molecule has 0 saturated carbocycles. The first-order valence-corrected chi connectivity index (χ1v) is 9.10. The Balaban J connectivity index is 1.60. The first-order chi connectivity index (χ1) is 13.1. The number of phenols is 1. The topological polar surface area (TPSA) is 102 Å². The number of carbonyl (C=O) groups is 1. The van der Waals surface area contributed by atoms with Crippen molar-refractivity contribution in [3.63, 3.8) is 0 Å². The van der Waals surface area contributed by atoms with Crippen molar-refractivity contribution in [3.8, 4) is 17.2 Å². The predicted molar refractivity (Wildman–Crippen MR) is 101 cm³/mol. The van der Waals surface area contributed by atoms with Crippen molar-refractivity contribution in [2.45, 2.75) is 23.9 Å². The summed E-state index contributed by atoms with van der Waals surface area (Å²) in [5, 5.41) is 24.0. The minimum absolute atomic E-state index is 0.115. The van der Waals surface area contributed by atoms with Crippen LogP contribution in [-0.2, 0) is 11.3 Å². The number of aromatic nitrogens is 4. The van der Waals surface area contributed by atoms with Crippen LogP contribution < -0.4 is 10.1 Å².